The molecule has 8 rings (SSSR count). The van der Waals surface area contributed by atoms with E-state index in [1.807, 2.05) is 107 Å². The predicted octanol–water partition coefficient (Wildman–Crippen LogP) is 12.5. The molecule has 418 valence electrons. The number of carboxylic acid groups (broad SMARTS) is 1. The summed E-state index contributed by atoms with van der Waals surface area (Å²) in [5, 5.41) is 15.4. The van der Waals surface area contributed by atoms with Crippen molar-refractivity contribution in [2.45, 2.75) is 130 Å². The molecule has 6 aromatic rings. The summed E-state index contributed by atoms with van der Waals surface area (Å²) in [6, 6.07) is 29.9. The number of nitrogens with zero attached hydrogens (tertiary/aromatic N) is 3. The van der Waals surface area contributed by atoms with Gasteiger partial charge >= 0.3 is 11.9 Å². The lowest BCUT2D eigenvalue weighted by Crippen LogP contribution is -2.53. The molecule has 79 heavy (non-hydrogen) atoms. The van der Waals surface area contributed by atoms with Crippen molar-refractivity contribution in [2.24, 2.45) is 11.8 Å². The van der Waals surface area contributed by atoms with E-state index in [2.05, 4.69) is 89.1 Å². The Morgan fingerprint density at radius 3 is 1.73 bits per heavy atom. The first-order valence-corrected chi connectivity index (χ1v) is 28.0. The van der Waals surface area contributed by atoms with Crippen LogP contribution in [0.5, 0.6) is 0 Å². The van der Waals surface area contributed by atoms with Crippen LogP contribution in [0.1, 0.15) is 144 Å². The predicted molar refractivity (Wildman–Crippen MR) is 321 cm³/mol. The molecule has 13 nitrogen and oxygen atoms in total. The number of rotatable bonds is 18. The number of amides is 3. The quantitative estimate of drug-likeness (QED) is 0.0425. The van der Waals surface area contributed by atoms with Crippen LogP contribution in [0.4, 0.5) is 0 Å². The van der Waals surface area contributed by atoms with Crippen molar-refractivity contribution < 1.29 is 38.6 Å². The Labute approximate surface area is 480 Å². The van der Waals surface area contributed by atoms with Crippen LogP contribution in [0.25, 0.3) is 22.3 Å². The molecular formula is C65H78IN5O8. The van der Waals surface area contributed by atoms with Gasteiger partial charge in [0.1, 0.15) is 11.8 Å². The molecule has 0 bridgehead atoms. The van der Waals surface area contributed by atoms with Crippen LogP contribution in [0.2, 0.25) is 0 Å². The van der Waals surface area contributed by atoms with Gasteiger partial charge in [0, 0.05) is 72.5 Å². The summed E-state index contributed by atoms with van der Waals surface area (Å²) in [6.07, 6.45) is 10.1. The number of alkyl halides is 1. The number of halogens is 1. The molecular weight excluding hydrogens is 1110 g/mol. The summed E-state index contributed by atoms with van der Waals surface area (Å²) < 4.78 is 4.84. The van der Waals surface area contributed by atoms with E-state index in [-0.39, 0.29) is 65.5 Å². The maximum Gasteiger partial charge on any atom is 0.306 e. The zero-order valence-corrected chi connectivity index (χ0v) is 48.6. The Bertz CT molecular complexity index is 3060. The van der Waals surface area contributed by atoms with Crippen molar-refractivity contribution in [1.29, 1.82) is 0 Å². The Kier molecular flexibility index (Phi) is 23.7. The molecule has 2 aliphatic heterocycles. The van der Waals surface area contributed by atoms with Gasteiger partial charge in [0.05, 0.1) is 29.9 Å². The molecule has 3 N–H and O–H groups in total. The summed E-state index contributed by atoms with van der Waals surface area (Å²) in [5.41, 5.74) is 13.7. The van der Waals surface area contributed by atoms with Gasteiger partial charge in [-0.15, -0.1) is 0 Å². The molecule has 0 saturated carbocycles. The number of nitrogens with one attached hydrogen (secondary N) is 2. The molecule has 0 aliphatic carbocycles. The minimum Gasteiger partial charge on any atom is -0.481 e. The molecule has 0 radical (unpaired) electrons. The molecule has 14 heteroatoms. The average molecular weight is 1180 g/mol. The summed E-state index contributed by atoms with van der Waals surface area (Å²) in [6.45, 7) is 17.7. The van der Waals surface area contributed by atoms with Crippen molar-refractivity contribution in [3.63, 3.8) is 0 Å². The number of ether oxygens (including phenoxy) is 1. The standard InChI is InChI=1S/C31H35N3O4.C24H30INO3.C9H9NO.CH4/c1-19(2)14-27(34-13-12-22-10-5-6-11-25(22)31(34)38)30(37)33-26(16-28(35)36)23-15-24(18-32-17-23)29-20(3)8-7-9-21(29)4;1-15(2)9-21(25)22(27)11-18(12-23(28)29-5)19-10-20(14-26-13-19)24-16(3)7-6-8-17(24)4;11-9-8-4-2-1-3-7(8)5-6-10-9;/h5-11,15,17-19,26-27H,12-14,16H2,1-4H3,(H,33,37)(H,35,36);6-8,10,13-15,18,21H,9,11-12H2,1-5H3;1-4H,5-6H2,(H,10,11);1H4/t26-,27?;18-,21?;;/m00../s1. The van der Waals surface area contributed by atoms with Crippen LogP contribution in [0.15, 0.2) is 122 Å². The number of fused-ring (bicyclic) bond motifs is 2. The second-order valence-electron chi connectivity index (χ2n) is 21.2. The first kappa shape index (κ1) is 62.8. The van der Waals surface area contributed by atoms with Gasteiger partial charge in [0.25, 0.3) is 11.8 Å². The molecule has 0 saturated heterocycles. The fourth-order valence-corrected chi connectivity index (χ4v) is 11.5. The number of benzene rings is 4. The zero-order valence-electron chi connectivity index (χ0n) is 46.4. The number of hydrogen-bond donors (Lipinski definition) is 3. The SMILES string of the molecule is C.COC(=O)C[C@H](CC(=O)C(I)CC(C)C)c1cncc(-c2c(C)cccc2C)c1.Cc1cccc(C)c1-c1cncc([C@H](CC(=O)O)NC(=O)C(CC(C)C)N2CCc3ccccc3C2=O)c1.O=C1NCCc2ccccc21. The van der Waals surface area contributed by atoms with Crippen LogP contribution in [0.3, 0.4) is 0 Å². The van der Waals surface area contributed by atoms with E-state index >= 15 is 0 Å². The molecule has 0 spiro atoms. The molecule has 2 aromatic heterocycles. The van der Waals surface area contributed by atoms with E-state index < -0.39 is 18.1 Å². The van der Waals surface area contributed by atoms with E-state index in [1.165, 1.54) is 18.2 Å². The van der Waals surface area contributed by atoms with Gasteiger partial charge in [-0.3, -0.25) is 38.7 Å². The Morgan fingerprint density at radius 1 is 0.684 bits per heavy atom. The molecule has 4 atom stereocenters. The van der Waals surface area contributed by atoms with Gasteiger partial charge in [-0.05, 0) is 145 Å². The normalized spacial score (nSPS) is 14.1. The van der Waals surface area contributed by atoms with Crippen LogP contribution in [-0.4, -0.2) is 85.6 Å². The van der Waals surface area contributed by atoms with Crippen LogP contribution in [0, 0.1) is 39.5 Å². The zero-order chi connectivity index (χ0) is 56.6. The third-order valence-corrected chi connectivity index (χ3v) is 15.4. The van der Waals surface area contributed by atoms with Gasteiger partial charge in [-0.1, -0.05) is 131 Å². The van der Waals surface area contributed by atoms with E-state index in [1.54, 1.807) is 29.6 Å². The first-order chi connectivity index (χ1) is 37.3. The lowest BCUT2D eigenvalue weighted by atomic mass is 9.88. The average Bonchev–Trinajstić information content (AvgIpc) is 3.44. The van der Waals surface area contributed by atoms with E-state index in [9.17, 15) is 33.9 Å². The van der Waals surface area contributed by atoms with Crippen molar-refractivity contribution in [1.82, 2.24) is 25.5 Å². The fourth-order valence-electron chi connectivity index (χ4n) is 10.3. The number of aliphatic carboxylic acids is 1. The number of ketones is 1. The number of methoxy groups -OCH3 is 1. The van der Waals surface area contributed by atoms with E-state index in [4.69, 9.17) is 4.74 Å². The van der Waals surface area contributed by atoms with Gasteiger partial charge < -0.3 is 25.4 Å². The minimum absolute atomic E-state index is 0. The highest BCUT2D eigenvalue weighted by molar-refractivity contribution is 14.1. The van der Waals surface area contributed by atoms with Crippen molar-refractivity contribution in [3.8, 4) is 22.3 Å². The summed E-state index contributed by atoms with van der Waals surface area (Å²) >= 11 is 2.22. The lowest BCUT2D eigenvalue weighted by Gasteiger charge is -2.36. The first-order valence-electron chi connectivity index (χ1n) is 26.8. The lowest BCUT2D eigenvalue weighted by molar-refractivity contribution is -0.141. The second-order valence-corrected chi connectivity index (χ2v) is 22.7. The highest BCUT2D eigenvalue weighted by Gasteiger charge is 2.36. The van der Waals surface area contributed by atoms with Gasteiger partial charge in [-0.2, -0.15) is 0 Å². The number of aromatic nitrogens is 2. The molecule has 3 amide bonds. The van der Waals surface area contributed by atoms with Crippen molar-refractivity contribution >= 4 is 58.0 Å². The summed E-state index contributed by atoms with van der Waals surface area (Å²) in [4.78, 5) is 85.4. The number of hydrogen-bond acceptors (Lipinski definition) is 9. The second kappa shape index (κ2) is 29.8. The van der Waals surface area contributed by atoms with Crippen LogP contribution >= 0.6 is 22.6 Å². The third kappa shape index (κ3) is 17.2. The Morgan fingerprint density at radius 2 is 1.20 bits per heavy atom. The van der Waals surface area contributed by atoms with Crippen LogP contribution in [-0.2, 0) is 36.8 Å². The fraction of sp³-hybridized carbons (Fsp3) is 0.385. The monoisotopic (exact) mass is 1180 g/mol. The third-order valence-electron chi connectivity index (χ3n) is 14.2. The number of esters is 1. The largest absolute Gasteiger partial charge is 0.481 e. The van der Waals surface area contributed by atoms with Crippen molar-refractivity contribution in [2.75, 3.05) is 20.2 Å². The molecule has 4 heterocycles. The van der Waals surface area contributed by atoms with E-state index in [0.29, 0.717) is 42.9 Å². The number of carbonyl (C=O) groups excluding carboxylic acids is 5. The highest BCUT2D eigenvalue weighted by Crippen LogP contribution is 2.34. The molecule has 4 aromatic carbocycles. The minimum atomic E-state index is -1.03. The Balaban J connectivity index is 0.000000246. The van der Waals surface area contributed by atoms with Gasteiger partial charge in [-0.25, -0.2) is 0 Å². The number of carboxylic acids is 1. The number of aryl methyl sites for hydroxylation is 4. The number of carbonyl (C=O) groups is 6. The maximum atomic E-state index is 13.7. The van der Waals surface area contributed by atoms with E-state index in [0.717, 1.165) is 75.0 Å². The van der Waals surface area contributed by atoms with Crippen LogP contribution < -0.4 is 10.6 Å². The molecule has 2 aliphatic rings. The maximum absolute atomic E-state index is 13.7. The number of pyridine rings is 2. The van der Waals surface area contributed by atoms with Gasteiger partial charge in [0.15, 0.2) is 0 Å². The Hall–Kier alpha value is -7.07. The smallest absolute Gasteiger partial charge is 0.306 e. The molecule has 0 fully saturated rings. The number of Topliss-reactive ketones (excluding diaryl/α,β-unsaturated/α-hetero) is 1. The summed E-state index contributed by atoms with van der Waals surface area (Å²) in [5.74, 6) is -1.26. The topological polar surface area (TPSA) is 185 Å². The summed E-state index contributed by atoms with van der Waals surface area (Å²) in [7, 11) is 1.38. The highest BCUT2D eigenvalue weighted by atomic mass is 127. The van der Waals surface area contributed by atoms with Gasteiger partial charge in [0.2, 0.25) is 5.91 Å². The molecule has 2 unspecified atom stereocenters. The van der Waals surface area contributed by atoms with Crippen molar-refractivity contribution in [3.05, 3.63) is 177 Å².